The molecular weight excluding hydrogens is 224 g/mol. The van der Waals surface area contributed by atoms with Crippen LogP contribution < -0.4 is 16.0 Å². The Balaban J connectivity index is 2.84. The maximum absolute atomic E-state index is 5.75. The van der Waals surface area contributed by atoms with Crippen molar-refractivity contribution in [1.82, 2.24) is 5.43 Å². The first-order valence-electron chi connectivity index (χ1n) is 6.86. The van der Waals surface area contributed by atoms with Crippen molar-refractivity contribution in [2.45, 2.75) is 45.6 Å². The predicted molar refractivity (Wildman–Crippen MR) is 76.4 cm³/mol. The maximum atomic E-state index is 5.75. The van der Waals surface area contributed by atoms with E-state index in [-0.39, 0.29) is 6.04 Å². The summed E-state index contributed by atoms with van der Waals surface area (Å²) in [5, 5.41) is 0. The van der Waals surface area contributed by atoms with Crippen molar-refractivity contribution in [1.29, 1.82) is 0 Å². The van der Waals surface area contributed by atoms with Gasteiger partial charge in [0.1, 0.15) is 5.75 Å². The minimum Gasteiger partial charge on any atom is -0.497 e. The summed E-state index contributed by atoms with van der Waals surface area (Å²) in [6.45, 7) is 4.45. The highest BCUT2D eigenvalue weighted by Crippen LogP contribution is 2.30. The van der Waals surface area contributed by atoms with Gasteiger partial charge in [-0.15, -0.1) is 0 Å². The van der Waals surface area contributed by atoms with Crippen LogP contribution in [0.15, 0.2) is 24.3 Å². The molecule has 3 heteroatoms. The van der Waals surface area contributed by atoms with Gasteiger partial charge in [0, 0.05) is 6.04 Å². The highest BCUT2D eigenvalue weighted by molar-refractivity contribution is 5.30. The predicted octanol–water partition coefficient (Wildman–Crippen LogP) is 3.42. The molecule has 102 valence electrons. The molecule has 0 heterocycles. The Hall–Kier alpha value is -1.06. The SMILES string of the molecule is CCCCC(CC)C(NN)c1cccc(OC)c1. The van der Waals surface area contributed by atoms with Gasteiger partial charge in [0.15, 0.2) is 0 Å². The second kappa shape index (κ2) is 8.11. The van der Waals surface area contributed by atoms with E-state index < -0.39 is 0 Å². The Morgan fingerprint density at radius 1 is 1.33 bits per heavy atom. The number of benzene rings is 1. The molecule has 3 N–H and O–H groups in total. The van der Waals surface area contributed by atoms with Gasteiger partial charge in [0.2, 0.25) is 0 Å². The molecule has 18 heavy (non-hydrogen) atoms. The van der Waals surface area contributed by atoms with Crippen LogP contribution in [0.3, 0.4) is 0 Å². The number of ether oxygens (including phenoxy) is 1. The third kappa shape index (κ3) is 4.00. The van der Waals surface area contributed by atoms with E-state index >= 15 is 0 Å². The first-order valence-corrected chi connectivity index (χ1v) is 6.86. The van der Waals surface area contributed by atoms with Gasteiger partial charge in [-0.25, -0.2) is 0 Å². The fourth-order valence-corrected chi connectivity index (χ4v) is 2.41. The van der Waals surface area contributed by atoms with Crippen LogP contribution in [-0.2, 0) is 0 Å². The number of hydrogen-bond acceptors (Lipinski definition) is 3. The number of nitrogens with one attached hydrogen (secondary N) is 1. The maximum Gasteiger partial charge on any atom is 0.119 e. The lowest BCUT2D eigenvalue weighted by Crippen LogP contribution is -2.33. The molecule has 0 radical (unpaired) electrons. The van der Waals surface area contributed by atoms with E-state index in [1.54, 1.807) is 7.11 Å². The summed E-state index contributed by atoms with van der Waals surface area (Å²) in [5.41, 5.74) is 4.18. The van der Waals surface area contributed by atoms with Gasteiger partial charge in [-0.2, -0.15) is 0 Å². The lowest BCUT2D eigenvalue weighted by molar-refractivity contribution is 0.325. The summed E-state index contributed by atoms with van der Waals surface area (Å²) >= 11 is 0. The lowest BCUT2D eigenvalue weighted by atomic mass is 9.87. The minimum atomic E-state index is 0.205. The van der Waals surface area contributed by atoms with E-state index in [2.05, 4.69) is 31.4 Å². The van der Waals surface area contributed by atoms with Crippen molar-refractivity contribution in [2.75, 3.05) is 7.11 Å². The van der Waals surface area contributed by atoms with Crippen molar-refractivity contribution in [3.63, 3.8) is 0 Å². The van der Waals surface area contributed by atoms with Gasteiger partial charge < -0.3 is 4.74 Å². The molecule has 0 spiro atoms. The first kappa shape index (κ1) is 15.0. The lowest BCUT2D eigenvalue weighted by Gasteiger charge is -2.26. The van der Waals surface area contributed by atoms with E-state index in [0.717, 1.165) is 12.2 Å². The first-order chi connectivity index (χ1) is 8.76. The van der Waals surface area contributed by atoms with Crippen molar-refractivity contribution in [2.24, 2.45) is 11.8 Å². The quantitative estimate of drug-likeness (QED) is 0.549. The second-order valence-electron chi connectivity index (χ2n) is 4.73. The van der Waals surface area contributed by atoms with Gasteiger partial charge in [-0.1, -0.05) is 45.2 Å². The monoisotopic (exact) mass is 250 g/mol. The Bertz CT molecular complexity index is 341. The summed E-state index contributed by atoms with van der Waals surface area (Å²) in [6.07, 6.45) is 4.82. The molecule has 0 amide bonds. The molecule has 0 aromatic heterocycles. The largest absolute Gasteiger partial charge is 0.497 e. The van der Waals surface area contributed by atoms with Crippen LogP contribution in [0.1, 0.15) is 51.1 Å². The van der Waals surface area contributed by atoms with Crippen molar-refractivity contribution in [3.8, 4) is 5.75 Å². The van der Waals surface area contributed by atoms with Gasteiger partial charge in [0.25, 0.3) is 0 Å². The molecule has 0 aliphatic rings. The van der Waals surface area contributed by atoms with E-state index in [1.807, 2.05) is 12.1 Å². The smallest absolute Gasteiger partial charge is 0.119 e. The number of methoxy groups -OCH3 is 1. The molecule has 0 saturated heterocycles. The number of rotatable bonds is 8. The van der Waals surface area contributed by atoms with Gasteiger partial charge in [-0.3, -0.25) is 11.3 Å². The molecule has 1 rings (SSSR count). The third-order valence-electron chi connectivity index (χ3n) is 3.56. The Morgan fingerprint density at radius 2 is 2.11 bits per heavy atom. The van der Waals surface area contributed by atoms with Gasteiger partial charge in [0.05, 0.1) is 7.11 Å². The van der Waals surface area contributed by atoms with Crippen LogP contribution in [-0.4, -0.2) is 7.11 Å². The van der Waals surface area contributed by atoms with E-state index in [9.17, 15) is 0 Å². The molecule has 1 aromatic carbocycles. The normalized spacial score (nSPS) is 14.2. The molecule has 1 aromatic rings. The molecule has 0 aliphatic carbocycles. The molecule has 3 nitrogen and oxygen atoms in total. The van der Waals surface area contributed by atoms with Crippen molar-refractivity contribution < 1.29 is 4.74 Å². The molecule has 0 bridgehead atoms. The van der Waals surface area contributed by atoms with Crippen molar-refractivity contribution >= 4 is 0 Å². The molecule has 2 unspecified atom stereocenters. The number of hydrazine groups is 1. The standard InChI is InChI=1S/C15H26N2O/c1-4-6-8-12(5-2)15(17-16)13-9-7-10-14(11-13)18-3/h7,9-12,15,17H,4-6,8,16H2,1-3H3. The van der Waals surface area contributed by atoms with Gasteiger partial charge >= 0.3 is 0 Å². The number of unbranched alkanes of at least 4 members (excludes halogenated alkanes) is 1. The summed E-state index contributed by atoms with van der Waals surface area (Å²) in [6, 6.07) is 8.37. The van der Waals surface area contributed by atoms with Crippen molar-refractivity contribution in [3.05, 3.63) is 29.8 Å². The Morgan fingerprint density at radius 3 is 2.67 bits per heavy atom. The molecule has 0 aliphatic heterocycles. The summed E-state index contributed by atoms with van der Waals surface area (Å²) in [4.78, 5) is 0. The fourth-order valence-electron chi connectivity index (χ4n) is 2.41. The van der Waals surface area contributed by atoms with Crippen LogP contribution in [0.5, 0.6) is 5.75 Å². The average molecular weight is 250 g/mol. The van der Waals surface area contributed by atoms with Gasteiger partial charge in [-0.05, 0) is 30.0 Å². The average Bonchev–Trinajstić information content (AvgIpc) is 2.43. The molecule has 0 fully saturated rings. The second-order valence-corrected chi connectivity index (χ2v) is 4.73. The van der Waals surface area contributed by atoms with E-state index in [4.69, 9.17) is 10.6 Å². The summed E-state index contributed by atoms with van der Waals surface area (Å²) < 4.78 is 5.28. The van der Waals surface area contributed by atoms with Crippen LogP contribution in [0.25, 0.3) is 0 Å². The van der Waals surface area contributed by atoms with Crippen LogP contribution in [0, 0.1) is 5.92 Å². The van der Waals surface area contributed by atoms with E-state index in [0.29, 0.717) is 5.92 Å². The van der Waals surface area contributed by atoms with E-state index in [1.165, 1.54) is 24.8 Å². The Labute approximate surface area is 111 Å². The zero-order valence-corrected chi connectivity index (χ0v) is 11.8. The molecular formula is C15H26N2O. The minimum absolute atomic E-state index is 0.205. The van der Waals surface area contributed by atoms with Crippen LogP contribution in [0.4, 0.5) is 0 Å². The van der Waals surface area contributed by atoms with Crippen LogP contribution >= 0.6 is 0 Å². The number of hydrogen-bond donors (Lipinski definition) is 2. The topological polar surface area (TPSA) is 47.3 Å². The Kier molecular flexibility index (Phi) is 6.76. The summed E-state index contributed by atoms with van der Waals surface area (Å²) in [7, 11) is 1.69. The van der Waals surface area contributed by atoms with Crippen LogP contribution in [0.2, 0.25) is 0 Å². The molecule has 2 atom stereocenters. The zero-order valence-electron chi connectivity index (χ0n) is 11.8. The highest BCUT2D eigenvalue weighted by atomic mass is 16.5. The summed E-state index contributed by atoms with van der Waals surface area (Å²) in [5.74, 6) is 7.21. The third-order valence-corrected chi connectivity index (χ3v) is 3.56. The highest BCUT2D eigenvalue weighted by Gasteiger charge is 2.20. The zero-order chi connectivity index (χ0) is 13.4. The number of nitrogens with two attached hydrogens (primary N) is 1. The fraction of sp³-hybridized carbons (Fsp3) is 0.600. The molecule has 0 saturated carbocycles.